The van der Waals surface area contributed by atoms with Gasteiger partial charge in [-0.2, -0.15) is 0 Å². The van der Waals surface area contributed by atoms with E-state index in [1.165, 1.54) is 6.92 Å². The highest BCUT2D eigenvalue weighted by Gasteiger charge is 2.06. The zero-order valence-corrected chi connectivity index (χ0v) is 4.77. The molecule has 4 nitrogen and oxygen atoms in total. The second-order valence-corrected chi connectivity index (χ2v) is 3.22. The van der Waals surface area contributed by atoms with E-state index < -0.39 is 15.4 Å². The fourth-order valence-corrected chi connectivity index (χ4v) is 0. The minimum atomic E-state index is -3.46. The average Bonchev–Trinajstić information content (AvgIpc) is 1.31. The summed E-state index contributed by atoms with van der Waals surface area (Å²) in [5.74, 6) is 0. The minimum absolute atomic E-state index is 0.951. The second-order valence-electron chi connectivity index (χ2n) is 1.29. The first-order valence-corrected chi connectivity index (χ1v) is 3.32. The SMILES string of the molecule is CC(N)S(N)(=O)=O. The predicted octanol–water partition coefficient (Wildman–Crippen LogP) is -1.42. The number of hydrogen-bond acceptors (Lipinski definition) is 3. The van der Waals surface area contributed by atoms with Crippen LogP contribution >= 0.6 is 0 Å². The summed E-state index contributed by atoms with van der Waals surface area (Å²) >= 11 is 0. The summed E-state index contributed by atoms with van der Waals surface area (Å²) < 4.78 is 20.0. The van der Waals surface area contributed by atoms with Crippen LogP contribution < -0.4 is 10.9 Å². The highest BCUT2D eigenvalue weighted by molar-refractivity contribution is 7.89. The molecule has 0 aliphatic rings. The number of nitrogens with two attached hydrogens (primary N) is 2. The Morgan fingerprint density at radius 1 is 1.57 bits per heavy atom. The number of hydrogen-bond donors (Lipinski definition) is 2. The van der Waals surface area contributed by atoms with Gasteiger partial charge in [-0.15, -0.1) is 0 Å². The molecule has 0 aromatic heterocycles. The van der Waals surface area contributed by atoms with Gasteiger partial charge in [0, 0.05) is 0 Å². The molecule has 5 heteroatoms. The number of rotatable bonds is 1. The van der Waals surface area contributed by atoms with Crippen LogP contribution in [0.5, 0.6) is 0 Å². The molecule has 0 bridgehead atoms. The van der Waals surface area contributed by atoms with Gasteiger partial charge < -0.3 is 5.73 Å². The zero-order chi connectivity index (χ0) is 6.08. The third-order valence-electron chi connectivity index (χ3n) is 0.518. The van der Waals surface area contributed by atoms with E-state index in [1.54, 1.807) is 0 Å². The summed E-state index contributed by atoms with van der Waals surface area (Å²) in [6.07, 6.45) is 0. The normalized spacial score (nSPS) is 16.4. The summed E-state index contributed by atoms with van der Waals surface area (Å²) in [4.78, 5) is 0. The van der Waals surface area contributed by atoms with E-state index in [4.69, 9.17) is 5.73 Å². The van der Waals surface area contributed by atoms with Crippen molar-refractivity contribution in [1.82, 2.24) is 0 Å². The molecule has 7 heavy (non-hydrogen) atoms. The molecule has 0 amide bonds. The number of sulfonamides is 1. The van der Waals surface area contributed by atoms with E-state index in [-0.39, 0.29) is 0 Å². The Balaban J connectivity index is 4.10. The van der Waals surface area contributed by atoms with Crippen LogP contribution in [-0.4, -0.2) is 13.8 Å². The van der Waals surface area contributed by atoms with Gasteiger partial charge in [0.1, 0.15) is 5.37 Å². The standard InChI is InChI=1S/C2H8N2O2S/c1-2(3)7(4,5)6/h2H,3H2,1H3,(H2,4,5,6). The van der Waals surface area contributed by atoms with Crippen molar-refractivity contribution in [2.75, 3.05) is 0 Å². The third kappa shape index (κ3) is 2.55. The fourth-order valence-electron chi connectivity index (χ4n) is 0. The lowest BCUT2D eigenvalue weighted by Gasteiger charge is -1.96. The molecule has 0 aliphatic heterocycles. The largest absolute Gasteiger partial charge is 0.314 e. The monoisotopic (exact) mass is 124 g/mol. The molecule has 0 fully saturated rings. The van der Waals surface area contributed by atoms with Crippen molar-refractivity contribution in [2.45, 2.75) is 12.3 Å². The number of primary sulfonamides is 1. The van der Waals surface area contributed by atoms with Crippen molar-refractivity contribution < 1.29 is 8.42 Å². The van der Waals surface area contributed by atoms with Gasteiger partial charge in [-0.3, -0.25) is 0 Å². The Morgan fingerprint density at radius 2 is 1.71 bits per heavy atom. The maximum Gasteiger partial charge on any atom is 0.224 e. The molecule has 0 saturated heterocycles. The molecule has 0 spiro atoms. The highest BCUT2D eigenvalue weighted by atomic mass is 32.2. The Bertz CT molecular complexity index is 136. The summed E-state index contributed by atoms with van der Waals surface area (Å²) in [6.45, 7) is 1.31. The Kier molecular flexibility index (Phi) is 1.74. The first-order valence-electron chi connectivity index (χ1n) is 1.72. The van der Waals surface area contributed by atoms with E-state index in [0.29, 0.717) is 0 Å². The van der Waals surface area contributed by atoms with Crippen LogP contribution in [0.15, 0.2) is 0 Å². The van der Waals surface area contributed by atoms with Crippen LogP contribution in [0.25, 0.3) is 0 Å². The molecule has 1 unspecified atom stereocenters. The maximum absolute atomic E-state index is 9.98. The summed E-state index contributed by atoms with van der Waals surface area (Å²) in [5, 5.41) is 3.57. The van der Waals surface area contributed by atoms with Crippen LogP contribution in [-0.2, 0) is 10.0 Å². The molecular formula is C2H8N2O2S. The molecular weight excluding hydrogens is 116 g/mol. The van der Waals surface area contributed by atoms with Crippen LogP contribution in [0.3, 0.4) is 0 Å². The molecule has 0 aromatic carbocycles. The Morgan fingerprint density at radius 3 is 1.71 bits per heavy atom. The molecule has 0 aliphatic carbocycles. The van der Waals surface area contributed by atoms with Gasteiger partial charge in [-0.05, 0) is 6.92 Å². The smallest absolute Gasteiger partial charge is 0.224 e. The van der Waals surface area contributed by atoms with Crippen molar-refractivity contribution in [3.05, 3.63) is 0 Å². The summed E-state index contributed by atoms with van der Waals surface area (Å²) in [5.41, 5.74) is 4.86. The van der Waals surface area contributed by atoms with E-state index >= 15 is 0 Å². The molecule has 0 radical (unpaired) electrons. The van der Waals surface area contributed by atoms with Gasteiger partial charge >= 0.3 is 0 Å². The van der Waals surface area contributed by atoms with Crippen molar-refractivity contribution in [3.8, 4) is 0 Å². The van der Waals surface area contributed by atoms with E-state index in [2.05, 4.69) is 5.14 Å². The Hall–Kier alpha value is -0.130. The lowest BCUT2D eigenvalue weighted by Crippen LogP contribution is -2.32. The Labute approximate surface area is 42.5 Å². The molecule has 0 aromatic rings. The van der Waals surface area contributed by atoms with Crippen molar-refractivity contribution >= 4 is 10.0 Å². The van der Waals surface area contributed by atoms with Crippen LogP contribution in [0.1, 0.15) is 6.92 Å². The van der Waals surface area contributed by atoms with Gasteiger partial charge in [0.15, 0.2) is 0 Å². The highest BCUT2D eigenvalue weighted by Crippen LogP contribution is 1.79. The predicted molar refractivity (Wildman–Crippen MR) is 26.8 cm³/mol. The van der Waals surface area contributed by atoms with Crippen LogP contribution in [0.2, 0.25) is 0 Å². The van der Waals surface area contributed by atoms with Gasteiger partial charge in [-0.25, -0.2) is 13.6 Å². The first kappa shape index (κ1) is 6.87. The van der Waals surface area contributed by atoms with Crippen molar-refractivity contribution in [2.24, 2.45) is 10.9 Å². The molecule has 44 valence electrons. The van der Waals surface area contributed by atoms with Gasteiger partial charge in [0.2, 0.25) is 10.0 Å². The third-order valence-corrected chi connectivity index (χ3v) is 1.55. The van der Waals surface area contributed by atoms with Gasteiger partial charge in [0.25, 0.3) is 0 Å². The first-order chi connectivity index (χ1) is 2.94. The van der Waals surface area contributed by atoms with Crippen LogP contribution in [0.4, 0.5) is 0 Å². The molecule has 4 N–H and O–H groups in total. The topological polar surface area (TPSA) is 86.2 Å². The zero-order valence-electron chi connectivity index (χ0n) is 3.96. The minimum Gasteiger partial charge on any atom is -0.314 e. The van der Waals surface area contributed by atoms with E-state index in [1.807, 2.05) is 0 Å². The van der Waals surface area contributed by atoms with Gasteiger partial charge in [-0.1, -0.05) is 0 Å². The fraction of sp³-hybridized carbons (Fsp3) is 1.00. The average molecular weight is 124 g/mol. The quantitative estimate of drug-likeness (QED) is 0.449. The summed E-state index contributed by atoms with van der Waals surface area (Å²) in [7, 11) is -3.46. The van der Waals surface area contributed by atoms with Crippen molar-refractivity contribution in [3.63, 3.8) is 0 Å². The van der Waals surface area contributed by atoms with E-state index in [9.17, 15) is 8.42 Å². The van der Waals surface area contributed by atoms with Gasteiger partial charge in [0.05, 0.1) is 0 Å². The lowest BCUT2D eigenvalue weighted by molar-refractivity contribution is 0.587. The second kappa shape index (κ2) is 1.77. The molecule has 0 heterocycles. The van der Waals surface area contributed by atoms with Crippen molar-refractivity contribution in [1.29, 1.82) is 0 Å². The lowest BCUT2D eigenvalue weighted by atomic mass is 10.8. The maximum atomic E-state index is 9.98. The molecule has 1 atom stereocenters. The molecule has 0 saturated carbocycles. The van der Waals surface area contributed by atoms with Crippen LogP contribution in [0, 0.1) is 0 Å². The molecule has 0 rings (SSSR count). The summed E-state index contributed by atoms with van der Waals surface area (Å²) in [6, 6.07) is 0. The van der Waals surface area contributed by atoms with E-state index in [0.717, 1.165) is 0 Å².